The summed E-state index contributed by atoms with van der Waals surface area (Å²) in [6.07, 6.45) is 7.10. The normalized spacial score (nSPS) is 18.2. The minimum atomic E-state index is -0.202. The van der Waals surface area contributed by atoms with Crippen molar-refractivity contribution in [2.75, 3.05) is 18.4 Å². The van der Waals surface area contributed by atoms with Crippen molar-refractivity contribution in [2.45, 2.75) is 12.8 Å². The van der Waals surface area contributed by atoms with Crippen molar-refractivity contribution in [3.8, 4) is 18.1 Å². The van der Waals surface area contributed by atoms with Crippen LogP contribution in [0.3, 0.4) is 0 Å². The fraction of sp³-hybridized carbons (Fsp3) is 0.267. The minimum absolute atomic E-state index is 0.202. The summed E-state index contributed by atoms with van der Waals surface area (Å²) in [6, 6.07) is 5.43. The van der Waals surface area contributed by atoms with Crippen LogP contribution in [0.4, 0.5) is 5.69 Å². The molecule has 2 heterocycles. The van der Waals surface area contributed by atoms with Gasteiger partial charge in [0.05, 0.1) is 5.56 Å². The third-order valence-corrected chi connectivity index (χ3v) is 3.37. The number of ether oxygens (including phenoxy) is 1. The number of amides is 1. The summed E-state index contributed by atoms with van der Waals surface area (Å²) in [4.78, 5) is 12.1. The molecular weight excluding hydrogens is 240 g/mol. The molecule has 0 saturated carbocycles. The van der Waals surface area contributed by atoms with Gasteiger partial charge in [0.1, 0.15) is 5.69 Å². The van der Waals surface area contributed by atoms with E-state index >= 15 is 0 Å². The van der Waals surface area contributed by atoms with E-state index in [1.807, 2.05) is 12.1 Å². The molecule has 4 nitrogen and oxygen atoms in total. The largest absolute Gasteiger partial charge is 0.449 e. The van der Waals surface area contributed by atoms with E-state index in [0.29, 0.717) is 22.8 Å². The van der Waals surface area contributed by atoms with E-state index in [9.17, 15) is 4.79 Å². The Morgan fingerprint density at radius 2 is 2.05 bits per heavy atom. The number of carbonyl (C=O) groups excluding carboxylic acids is 1. The lowest BCUT2D eigenvalue weighted by molar-refractivity contribution is -0.115. The Balaban J connectivity index is 2.01. The topological polar surface area (TPSA) is 50.4 Å². The van der Waals surface area contributed by atoms with Gasteiger partial charge in [-0.25, -0.2) is 0 Å². The van der Waals surface area contributed by atoms with E-state index in [-0.39, 0.29) is 5.91 Å². The average molecular weight is 254 g/mol. The number of benzene rings is 1. The second-order valence-corrected chi connectivity index (χ2v) is 4.56. The maximum atomic E-state index is 12.1. The summed E-state index contributed by atoms with van der Waals surface area (Å²) >= 11 is 0. The van der Waals surface area contributed by atoms with E-state index < -0.39 is 0 Å². The summed E-state index contributed by atoms with van der Waals surface area (Å²) in [6.45, 7) is 1.76. The van der Waals surface area contributed by atoms with Crippen molar-refractivity contribution in [3.05, 3.63) is 35.1 Å². The fourth-order valence-corrected chi connectivity index (χ4v) is 2.38. The average Bonchev–Trinajstić information content (AvgIpc) is 2.47. The highest BCUT2D eigenvalue weighted by Crippen LogP contribution is 2.35. The second-order valence-electron chi connectivity index (χ2n) is 4.56. The molecule has 0 atom stereocenters. The van der Waals surface area contributed by atoms with Gasteiger partial charge >= 0.3 is 0 Å². The van der Waals surface area contributed by atoms with Gasteiger partial charge < -0.3 is 15.4 Å². The van der Waals surface area contributed by atoms with Crippen LogP contribution in [0.1, 0.15) is 18.4 Å². The third-order valence-electron chi connectivity index (χ3n) is 3.37. The van der Waals surface area contributed by atoms with Crippen LogP contribution in [0.25, 0.3) is 0 Å². The van der Waals surface area contributed by atoms with E-state index in [4.69, 9.17) is 11.2 Å². The lowest BCUT2D eigenvalue weighted by Gasteiger charge is -2.25. The summed E-state index contributed by atoms with van der Waals surface area (Å²) in [5.74, 6) is 3.40. The van der Waals surface area contributed by atoms with E-state index in [1.54, 1.807) is 6.07 Å². The maximum Gasteiger partial charge on any atom is 0.291 e. The molecule has 4 heteroatoms. The number of nitrogens with one attached hydrogen (secondary N) is 2. The molecule has 3 rings (SSSR count). The zero-order chi connectivity index (χ0) is 13.2. The molecule has 0 aliphatic carbocycles. The van der Waals surface area contributed by atoms with E-state index in [0.717, 1.165) is 31.5 Å². The number of anilines is 1. The van der Waals surface area contributed by atoms with E-state index in [1.165, 1.54) is 0 Å². The molecule has 2 aliphatic rings. The van der Waals surface area contributed by atoms with Crippen LogP contribution in [-0.2, 0) is 4.79 Å². The minimum Gasteiger partial charge on any atom is -0.449 e. The summed E-state index contributed by atoms with van der Waals surface area (Å²) in [5.41, 5.74) is 2.29. The van der Waals surface area contributed by atoms with Gasteiger partial charge in [-0.3, -0.25) is 4.79 Å². The Bertz CT molecular complexity index is 603. The highest BCUT2D eigenvalue weighted by Gasteiger charge is 2.27. The van der Waals surface area contributed by atoms with Crippen molar-refractivity contribution < 1.29 is 9.53 Å². The molecule has 2 N–H and O–H groups in total. The Kier molecular flexibility index (Phi) is 2.98. The van der Waals surface area contributed by atoms with Crippen LogP contribution in [0.2, 0.25) is 0 Å². The molecule has 0 spiro atoms. The van der Waals surface area contributed by atoms with Crippen molar-refractivity contribution in [2.24, 2.45) is 0 Å². The van der Waals surface area contributed by atoms with Crippen LogP contribution in [-0.4, -0.2) is 19.0 Å². The Morgan fingerprint density at radius 1 is 1.26 bits per heavy atom. The van der Waals surface area contributed by atoms with Gasteiger partial charge in [-0.15, -0.1) is 6.42 Å². The summed E-state index contributed by atoms with van der Waals surface area (Å²) in [7, 11) is 0. The number of rotatable bonds is 0. The van der Waals surface area contributed by atoms with Crippen molar-refractivity contribution in [1.82, 2.24) is 5.32 Å². The quantitative estimate of drug-likeness (QED) is 0.546. The number of hydrogen-bond acceptors (Lipinski definition) is 3. The van der Waals surface area contributed by atoms with Gasteiger partial charge in [-0.1, -0.05) is 12.0 Å². The number of piperidine rings is 1. The molecule has 0 radical (unpaired) electrons. The van der Waals surface area contributed by atoms with E-state index in [2.05, 4.69) is 16.6 Å². The molecule has 1 fully saturated rings. The molecule has 1 amide bonds. The first kappa shape index (κ1) is 11.8. The number of carbonyl (C=O) groups is 1. The lowest BCUT2D eigenvalue weighted by Crippen LogP contribution is -2.30. The Labute approximate surface area is 111 Å². The SMILES string of the molecule is C#Cc1cccc2c1NC(=O)C(=C1CCNCC1)O2. The highest BCUT2D eigenvalue weighted by atomic mass is 16.5. The third kappa shape index (κ3) is 2.09. The standard InChI is InChI=1S/C15H14N2O2/c1-2-10-4-3-5-12-13(10)17-15(18)14(19-12)11-6-8-16-9-7-11/h1,3-5,16H,6-9H2,(H,17,18). The first-order valence-electron chi connectivity index (χ1n) is 6.31. The zero-order valence-corrected chi connectivity index (χ0v) is 10.5. The first-order valence-corrected chi connectivity index (χ1v) is 6.31. The van der Waals surface area contributed by atoms with Crippen LogP contribution in [0.5, 0.6) is 5.75 Å². The number of hydrogen-bond donors (Lipinski definition) is 2. The van der Waals surface area contributed by atoms with Crippen molar-refractivity contribution in [1.29, 1.82) is 0 Å². The molecule has 2 aliphatic heterocycles. The van der Waals surface area contributed by atoms with Gasteiger partial charge in [0.2, 0.25) is 0 Å². The molecule has 1 saturated heterocycles. The smallest absolute Gasteiger partial charge is 0.291 e. The predicted molar refractivity (Wildman–Crippen MR) is 72.8 cm³/mol. The Morgan fingerprint density at radius 3 is 2.79 bits per heavy atom. The number of terminal acetylenes is 1. The van der Waals surface area contributed by atoms with Crippen LogP contribution >= 0.6 is 0 Å². The second kappa shape index (κ2) is 4.79. The van der Waals surface area contributed by atoms with Crippen LogP contribution in [0, 0.1) is 12.3 Å². The molecule has 0 bridgehead atoms. The van der Waals surface area contributed by atoms with Gasteiger partial charge in [-0.2, -0.15) is 0 Å². The van der Waals surface area contributed by atoms with Crippen molar-refractivity contribution in [3.63, 3.8) is 0 Å². The molecule has 0 aromatic heterocycles. The summed E-state index contributed by atoms with van der Waals surface area (Å²) < 4.78 is 5.77. The first-order chi connectivity index (χ1) is 9.29. The van der Waals surface area contributed by atoms with Gasteiger partial charge in [-0.05, 0) is 43.6 Å². The van der Waals surface area contributed by atoms with Crippen LogP contribution < -0.4 is 15.4 Å². The highest BCUT2D eigenvalue weighted by molar-refractivity contribution is 6.07. The summed E-state index contributed by atoms with van der Waals surface area (Å²) in [5, 5.41) is 6.10. The Hall–Kier alpha value is -2.25. The lowest BCUT2D eigenvalue weighted by atomic mass is 10.0. The molecule has 96 valence electrons. The molecular formula is C15H14N2O2. The van der Waals surface area contributed by atoms with Crippen molar-refractivity contribution >= 4 is 11.6 Å². The molecule has 0 unspecified atom stereocenters. The number of fused-ring (bicyclic) bond motifs is 1. The maximum absolute atomic E-state index is 12.1. The molecule has 19 heavy (non-hydrogen) atoms. The van der Waals surface area contributed by atoms with Gasteiger partial charge in [0, 0.05) is 0 Å². The fourth-order valence-electron chi connectivity index (χ4n) is 2.38. The molecule has 1 aromatic carbocycles. The molecule has 1 aromatic rings. The number of para-hydroxylation sites is 1. The predicted octanol–water partition coefficient (Wildman–Crippen LogP) is 1.64. The van der Waals surface area contributed by atoms with Gasteiger partial charge in [0.15, 0.2) is 11.5 Å². The zero-order valence-electron chi connectivity index (χ0n) is 10.5. The van der Waals surface area contributed by atoms with Gasteiger partial charge in [0.25, 0.3) is 5.91 Å². The monoisotopic (exact) mass is 254 g/mol. The van der Waals surface area contributed by atoms with Crippen LogP contribution in [0.15, 0.2) is 29.5 Å².